The molecule has 6 nitrogen and oxygen atoms in total. The smallest absolute Gasteiger partial charge is 0.308 e. The number of hydrogen-bond acceptors (Lipinski definition) is 5. The van der Waals surface area contributed by atoms with Crippen LogP contribution >= 0.6 is 0 Å². The maximum Gasteiger partial charge on any atom is 0.308 e. The molecule has 4 atom stereocenters. The van der Waals surface area contributed by atoms with E-state index in [1.54, 1.807) is 6.07 Å². The summed E-state index contributed by atoms with van der Waals surface area (Å²) in [7, 11) is 0. The molecule has 2 aliphatic rings. The first-order chi connectivity index (χ1) is 9.69. The molecule has 1 aromatic rings. The second kappa shape index (κ2) is 5.26. The largest absolute Gasteiger partial charge is 0.481 e. The van der Waals surface area contributed by atoms with Crippen LogP contribution in [-0.4, -0.2) is 33.7 Å². The zero-order valence-electron chi connectivity index (χ0n) is 11.5. The molecular weight excluding hydrogens is 258 g/mol. The lowest BCUT2D eigenvalue weighted by Crippen LogP contribution is -2.39. The van der Waals surface area contributed by atoms with Gasteiger partial charge in [0.25, 0.3) is 0 Å². The number of nitrogens with one attached hydrogen (secondary N) is 1. The number of aliphatic carboxylic acids is 1. The highest BCUT2D eigenvalue weighted by Crippen LogP contribution is 2.49. The zero-order valence-corrected chi connectivity index (χ0v) is 11.5. The summed E-state index contributed by atoms with van der Waals surface area (Å²) >= 11 is 0. The van der Waals surface area contributed by atoms with Gasteiger partial charge in [0, 0.05) is 12.1 Å². The van der Waals surface area contributed by atoms with E-state index in [0.717, 1.165) is 19.3 Å². The van der Waals surface area contributed by atoms with E-state index in [1.165, 1.54) is 6.33 Å². The molecule has 108 valence electrons. The molecule has 3 rings (SSSR count). The first-order valence-corrected chi connectivity index (χ1v) is 7.13. The Kier molecular flexibility index (Phi) is 3.46. The number of fused-ring (bicyclic) bond motifs is 2. The Hall–Kier alpha value is -1.85. The van der Waals surface area contributed by atoms with Crippen molar-refractivity contribution in [1.29, 1.82) is 0 Å². The Bertz CT molecular complexity index is 508. The molecule has 4 unspecified atom stereocenters. The minimum absolute atomic E-state index is 0.0318. The van der Waals surface area contributed by atoms with Crippen LogP contribution < -0.4 is 10.1 Å². The van der Waals surface area contributed by atoms with Crippen LogP contribution in [0.1, 0.15) is 26.2 Å². The van der Waals surface area contributed by atoms with Crippen molar-refractivity contribution >= 4 is 11.8 Å². The zero-order chi connectivity index (χ0) is 14.1. The number of hydrogen-bond donors (Lipinski definition) is 2. The van der Waals surface area contributed by atoms with Gasteiger partial charge in [-0.25, -0.2) is 9.97 Å². The van der Waals surface area contributed by atoms with Gasteiger partial charge >= 0.3 is 5.97 Å². The molecule has 0 radical (unpaired) electrons. The summed E-state index contributed by atoms with van der Waals surface area (Å²) < 4.78 is 5.34. The van der Waals surface area contributed by atoms with Gasteiger partial charge in [0.2, 0.25) is 5.88 Å². The first-order valence-electron chi connectivity index (χ1n) is 7.13. The Morgan fingerprint density at radius 3 is 3.00 bits per heavy atom. The van der Waals surface area contributed by atoms with Gasteiger partial charge in [0.05, 0.1) is 12.5 Å². The van der Waals surface area contributed by atoms with Crippen molar-refractivity contribution in [3.63, 3.8) is 0 Å². The van der Waals surface area contributed by atoms with Gasteiger partial charge in [-0.15, -0.1) is 0 Å². The minimum atomic E-state index is -0.700. The first kappa shape index (κ1) is 13.1. The van der Waals surface area contributed by atoms with Crippen LogP contribution in [0.15, 0.2) is 12.4 Å². The Labute approximate surface area is 117 Å². The van der Waals surface area contributed by atoms with E-state index < -0.39 is 5.97 Å². The molecule has 0 aromatic carbocycles. The van der Waals surface area contributed by atoms with Crippen LogP contribution in [0.4, 0.5) is 5.82 Å². The van der Waals surface area contributed by atoms with Crippen molar-refractivity contribution in [1.82, 2.24) is 9.97 Å². The van der Waals surface area contributed by atoms with Crippen molar-refractivity contribution in [3.05, 3.63) is 12.4 Å². The topological polar surface area (TPSA) is 84.3 Å². The number of anilines is 1. The SMILES string of the molecule is CCOc1cc(NC2C3CCC(C3)C2C(=O)O)ncn1. The molecule has 1 aromatic heterocycles. The van der Waals surface area contributed by atoms with Crippen molar-refractivity contribution in [2.75, 3.05) is 11.9 Å². The molecule has 0 amide bonds. The monoisotopic (exact) mass is 277 g/mol. The van der Waals surface area contributed by atoms with Gasteiger partial charge in [0.15, 0.2) is 0 Å². The van der Waals surface area contributed by atoms with Crippen molar-refractivity contribution in [3.8, 4) is 5.88 Å². The van der Waals surface area contributed by atoms with Crippen LogP contribution in [0.25, 0.3) is 0 Å². The lowest BCUT2D eigenvalue weighted by Gasteiger charge is -2.29. The Morgan fingerprint density at radius 1 is 1.45 bits per heavy atom. The summed E-state index contributed by atoms with van der Waals surface area (Å²) in [5, 5.41) is 12.7. The minimum Gasteiger partial charge on any atom is -0.481 e. The summed E-state index contributed by atoms with van der Waals surface area (Å²) in [4.78, 5) is 19.6. The molecule has 6 heteroatoms. The Balaban J connectivity index is 1.76. The van der Waals surface area contributed by atoms with E-state index >= 15 is 0 Å². The third-order valence-corrected chi connectivity index (χ3v) is 4.45. The molecule has 2 saturated carbocycles. The van der Waals surface area contributed by atoms with E-state index in [2.05, 4.69) is 15.3 Å². The second-order valence-electron chi connectivity index (χ2n) is 5.54. The predicted molar refractivity (Wildman–Crippen MR) is 72.6 cm³/mol. The summed E-state index contributed by atoms with van der Waals surface area (Å²) in [6, 6.07) is 1.70. The van der Waals surface area contributed by atoms with Crippen molar-refractivity contribution < 1.29 is 14.6 Å². The van der Waals surface area contributed by atoms with Gasteiger partial charge in [-0.1, -0.05) is 0 Å². The third-order valence-electron chi connectivity index (χ3n) is 4.45. The summed E-state index contributed by atoms with van der Waals surface area (Å²) in [6.45, 7) is 2.44. The molecule has 2 aliphatic carbocycles. The van der Waals surface area contributed by atoms with Crippen LogP contribution in [0.5, 0.6) is 5.88 Å². The van der Waals surface area contributed by atoms with Gasteiger partial charge < -0.3 is 15.2 Å². The molecule has 2 fully saturated rings. The van der Waals surface area contributed by atoms with E-state index in [-0.39, 0.29) is 12.0 Å². The average Bonchev–Trinajstić information content (AvgIpc) is 3.00. The maximum atomic E-state index is 11.5. The van der Waals surface area contributed by atoms with Gasteiger partial charge in [-0.2, -0.15) is 0 Å². The molecule has 1 heterocycles. The van der Waals surface area contributed by atoms with E-state index in [9.17, 15) is 9.90 Å². The summed E-state index contributed by atoms with van der Waals surface area (Å²) in [5.41, 5.74) is 0. The standard InChI is InChI=1S/C14H19N3O3/c1-2-20-11-6-10(15-7-16-11)17-13-9-4-3-8(5-9)12(13)14(18)19/h6-9,12-13H,2-5H2,1H3,(H,18,19)(H,15,16,17). The third kappa shape index (κ3) is 2.30. The summed E-state index contributed by atoms with van der Waals surface area (Å²) in [6.07, 6.45) is 4.59. The number of aromatic nitrogens is 2. The highest BCUT2D eigenvalue weighted by Gasteiger charge is 2.51. The predicted octanol–water partition coefficient (Wildman–Crippen LogP) is 1.79. The summed E-state index contributed by atoms with van der Waals surface area (Å²) in [5.74, 6) is 0.898. The lowest BCUT2D eigenvalue weighted by molar-refractivity contribution is -0.143. The molecule has 0 spiro atoms. The number of carboxylic acids is 1. The van der Waals surface area contributed by atoms with Crippen LogP contribution in [-0.2, 0) is 4.79 Å². The number of carbonyl (C=O) groups is 1. The fraction of sp³-hybridized carbons (Fsp3) is 0.643. The van der Waals surface area contributed by atoms with E-state index in [1.807, 2.05) is 6.92 Å². The van der Waals surface area contributed by atoms with Crippen molar-refractivity contribution in [2.24, 2.45) is 17.8 Å². The fourth-order valence-corrected chi connectivity index (χ4v) is 3.67. The normalized spacial score (nSPS) is 31.2. The molecule has 0 saturated heterocycles. The van der Waals surface area contributed by atoms with E-state index in [0.29, 0.717) is 30.1 Å². The highest BCUT2D eigenvalue weighted by molar-refractivity contribution is 5.73. The molecular formula is C14H19N3O3. The van der Waals surface area contributed by atoms with Gasteiger partial charge in [-0.3, -0.25) is 4.79 Å². The lowest BCUT2D eigenvalue weighted by atomic mass is 9.84. The number of ether oxygens (including phenoxy) is 1. The second-order valence-corrected chi connectivity index (χ2v) is 5.54. The number of carboxylic acid groups (broad SMARTS) is 1. The van der Waals surface area contributed by atoms with Crippen molar-refractivity contribution in [2.45, 2.75) is 32.2 Å². The van der Waals surface area contributed by atoms with Gasteiger partial charge in [0.1, 0.15) is 12.1 Å². The van der Waals surface area contributed by atoms with E-state index in [4.69, 9.17) is 4.74 Å². The quantitative estimate of drug-likeness (QED) is 0.853. The highest BCUT2D eigenvalue weighted by atomic mass is 16.5. The van der Waals surface area contributed by atoms with Crippen LogP contribution in [0.3, 0.4) is 0 Å². The average molecular weight is 277 g/mol. The van der Waals surface area contributed by atoms with Crippen LogP contribution in [0.2, 0.25) is 0 Å². The number of rotatable bonds is 5. The molecule has 2 N–H and O–H groups in total. The number of nitrogens with zero attached hydrogens (tertiary/aromatic N) is 2. The van der Waals surface area contributed by atoms with Gasteiger partial charge in [-0.05, 0) is 38.0 Å². The molecule has 2 bridgehead atoms. The fourth-order valence-electron chi connectivity index (χ4n) is 3.67. The molecule has 20 heavy (non-hydrogen) atoms. The Morgan fingerprint density at radius 2 is 2.25 bits per heavy atom. The van der Waals surface area contributed by atoms with Crippen LogP contribution in [0, 0.1) is 17.8 Å². The molecule has 0 aliphatic heterocycles. The maximum absolute atomic E-state index is 11.5.